The molecule has 0 bridgehead atoms. The van der Waals surface area contributed by atoms with Crippen molar-refractivity contribution in [1.82, 2.24) is 5.32 Å². The van der Waals surface area contributed by atoms with Crippen LogP contribution in [-0.2, 0) is 4.79 Å². The first-order valence-corrected chi connectivity index (χ1v) is 6.18. The van der Waals surface area contributed by atoms with Crippen molar-refractivity contribution >= 4 is 29.0 Å². The minimum absolute atomic E-state index is 0.0244. The Morgan fingerprint density at radius 2 is 2.00 bits per heavy atom. The molecule has 0 aliphatic rings. The summed E-state index contributed by atoms with van der Waals surface area (Å²) in [5.74, 6) is -3.04. The molecule has 5 nitrogen and oxygen atoms in total. The van der Waals surface area contributed by atoms with Gasteiger partial charge in [-0.25, -0.2) is 4.79 Å². The van der Waals surface area contributed by atoms with E-state index in [1.807, 2.05) is 0 Å². The van der Waals surface area contributed by atoms with Gasteiger partial charge in [0.05, 0.1) is 11.3 Å². The van der Waals surface area contributed by atoms with Gasteiger partial charge in [-0.15, -0.1) is 11.3 Å². The van der Waals surface area contributed by atoms with Crippen LogP contribution in [0.25, 0.3) is 0 Å². The first kappa shape index (κ1) is 16.2. The Kier molecular flexibility index (Phi) is 4.88. The zero-order chi connectivity index (χ0) is 15.5. The highest BCUT2D eigenvalue weighted by Gasteiger charge is 2.36. The normalized spacial score (nSPS) is 12.8. The highest BCUT2D eigenvalue weighted by atomic mass is 32.1. The number of amides is 1. The lowest BCUT2D eigenvalue weighted by atomic mass is 10.2. The molecule has 20 heavy (non-hydrogen) atoms. The number of aliphatic carboxylic acids is 1. The van der Waals surface area contributed by atoms with Gasteiger partial charge in [0, 0.05) is 10.9 Å². The summed E-state index contributed by atoms with van der Waals surface area (Å²) in [5.41, 5.74) is 0.239. The van der Waals surface area contributed by atoms with Crippen LogP contribution in [0.3, 0.4) is 0 Å². The zero-order valence-corrected chi connectivity index (χ0v) is 11.0. The Bertz CT molecular complexity index is 538. The van der Waals surface area contributed by atoms with E-state index >= 15 is 0 Å². The van der Waals surface area contributed by atoms with Gasteiger partial charge in [0.15, 0.2) is 5.78 Å². The third kappa shape index (κ3) is 4.65. The van der Waals surface area contributed by atoms with Crippen LogP contribution in [0, 0.1) is 0 Å². The maximum absolute atomic E-state index is 12.2. The number of ketones is 1. The molecule has 0 saturated heterocycles. The van der Waals surface area contributed by atoms with Gasteiger partial charge in [0.1, 0.15) is 6.04 Å². The average Bonchev–Trinajstić information content (AvgIpc) is 2.75. The summed E-state index contributed by atoms with van der Waals surface area (Å²) in [6, 6.07) is -0.861. The summed E-state index contributed by atoms with van der Waals surface area (Å²) >= 11 is 0.851. The second-order valence-corrected chi connectivity index (χ2v) is 4.85. The summed E-state index contributed by atoms with van der Waals surface area (Å²) in [4.78, 5) is 33.3. The lowest BCUT2D eigenvalue weighted by molar-refractivity contribution is -0.157. The minimum atomic E-state index is -4.71. The fraction of sp³-hybridized carbons (Fsp3) is 0.364. The Labute approximate surface area is 115 Å². The Hall–Kier alpha value is -1.90. The maximum Gasteiger partial charge on any atom is 0.391 e. The number of hydrogen-bond acceptors (Lipinski definition) is 4. The van der Waals surface area contributed by atoms with Gasteiger partial charge >= 0.3 is 12.1 Å². The molecule has 1 amide bonds. The van der Waals surface area contributed by atoms with Crippen molar-refractivity contribution in [2.75, 3.05) is 0 Å². The van der Waals surface area contributed by atoms with E-state index in [1.54, 1.807) is 5.32 Å². The fourth-order valence-electron chi connectivity index (χ4n) is 1.30. The summed E-state index contributed by atoms with van der Waals surface area (Å²) in [5, 5.41) is 11.8. The average molecular weight is 309 g/mol. The zero-order valence-electron chi connectivity index (χ0n) is 10.2. The molecule has 1 heterocycles. The number of thiophene rings is 1. The molecular weight excluding hydrogens is 299 g/mol. The van der Waals surface area contributed by atoms with Crippen molar-refractivity contribution in [2.45, 2.75) is 25.6 Å². The molecule has 0 aromatic carbocycles. The van der Waals surface area contributed by atoms with E-state index in [4.69, 9.17) is 5.11 Å². The fourth-order valence-corrected chi connectivity index (χ4v) is 2.15. The molecule has 2 N–H and O–H groups in total. The molecule has 0 fully saturated rings. The Morgan fingerprint density at radius 1 is 1.40 bits per heavy atom. The van der Waals surface area contributed by atoms with Crippen LogP contribution < -0.4 is 5.32 Å². The summed E-state index contributed by atoms with van der Waals surface area (Å²) in [6.45, 7) is 1.27. The number of carbonyl (C=O) groups is 3. The quantitative estimate of drug-likeness (QED) is 0.816. The number of carbonyl (C=O) groups excluding carboxylic acids is 2. The standard InChI is InChI=1S/C11H10F3NO4S/c1-5(16)6-2-8(20-4-6)9(17)15-7(10(18)19)3-11(12,13)14/h2,4,7H,3H2,1H3,(H,15,17)(H,18,19). The topological polar surface area (TPSA) is 83.5 Å². The highest BCUT2D eigenvalue weighted by molar-refractivity contribution is 7.12. The van der Waals surface area contributed by atoms with Crippen LogP contribution in [0.4, 0.5) is 13.2 Å². The van der Waals surface area contributed by atoms with Crippen LogP contribution in [0.5, 0.6) is 0 Å². The lowest BCUT2D eigenvalue weighted by Crippen LogP contribution is -2.43. The smallest absolute Gasteiger partial charge is 0.391 e. The summed E-state index contributed by atoms with van der Waals surface area (Å²) < 4.78 is 36.5. The van der Waals surface area contributed by atoms with Gasteiger partial charge in [-0.3, -0.25) is 9.59 Å². The van der Waals surface area contributed by atoms with E-state index in [1.165, 1.54) is 18.4 Å². The van der Waals surface area contributed by atoms with E-state index in [0.717, 1.165) is 11.3 Å². The van der Waals surface area contributed by atoms with Crippen molar-refractivity contribution < 1.29 is 32.7 Å². The monoisotopic (exact) mass is 309 g/mol. The van der Waals surface area contributed by atoms with E-state index in [2.05, 4.69) is 0 Å². The lowest BCUT2D eigenvalue weighted by Gasteiger charge is -2.15. The van der Waals surface area contributed by atoms with Crippen molar-refractivity contribution in [3.05, 3.63) is 21.9 Å². The molecule has 0 radical (unpaired) electrons. The maximum atomic E-state index is 12.2. The van der Waals surface area contributed by atoms with Crippen LogP contribution >= 0.6 is 11.3 Å². The SMILES string of the molecule is CC(=O)c1csc(C(=O)NC(CC(F)(F)F)C(=O)O)c1. The first-order chi connectivity index (χ1) is 9.10. The number of Topliss-reactive ketones (excluding diaryl/α,β-unsaturated/α-hetero) is 1. The number of halogens is 3. The first-order valence-electron chi connectivity index (χ1n) is 5.30. The Morgan fingerprint density at radius 3 is 2.40 bits per heavy atom. The molecule has 1 atom stereocenters. The predicted octanol–water partition coefficient (Wildman–Crippen LogP) is 2.09. The van der Waals surface area contributed by atoms with Crippen molar-refractivity contribution in [3.63, 3.8) is 0 Å². The predicted molar refractivity (Wildman–Crippen MR) is 63.9 cm³/mol. The van der Waals surface area contributed by atoms with E-state index in [0.29, 0.717) is 0 Å². The number of nitrogens with one attached hydrogen (secondary N) is 1. The molecule has 110 valence electrons. The molecular formula is C11H10F3NO4S. The summed E-state index contributed by atoms with van der Waals surface area (Å²) in [6.07, 6.45) is -6.38. The van der Waals surface area contributed by atoms with Gasteiger partial charge in [-0.05, 0) is 13.0 Å². The number of rotatable bonds is 5. The van der Waals surface area contributed by atoms with Crippen molar-refractivity contribution in [3.8, 4) is 0 Å². The molecule has 0 spiro atoms. The molecule has 1 aromatic heterocycles. The van der Waals surface area contributed by atoms with E-state index in [-0.39, 0.29) is 16.2 Å². The van der Waals surface area contributed by atoms with E-state index in [9.17, 15) is 27.6 Å². The molecule has 1 aromatic rings. The van der Waals surface area contributed by atoms with Crippen LogP contribution in [0.15, 0.2) is 11.4 Å². The Balaban J connectivity index is 2.80. The van der Waals surface area contributed by atoms with E-state index < -0.39 is 30.5 Å². The number of hydrogen-bond donors (Lipinski definition) is 2. The van der Waals surface area contributed by atoms with Gasteiger partial charge < -0.3 is 10.4 Å². The van der Waals surface area contributed by atoms with Gasteiger partial charge in [-0.2, -0.15) is 13.2 Å². The van der Waals surface area contributed by atoms with Crippen LogP contribution in [-0.4, -0.2) is 35.0 Å². The number of carboxylic acid groups (broad SMARTS) is 1. The third-order valence-electron chi connectivity index (χ3n) is 2.27. The molecule has 0 aliphatic carbocycles. The largest absolute Gasteiger partial charge is 0.480 e. The van der Waals surface area contributed by atoms with Crippen LogP contribution in [0.2, 0.25) is 0 Å². The van der Waals surface area contributed by atoms with Crippen molar-refractivity contribution in [1.29, 1.82) is 0 Å². The van der Waals surface area contributed by atoms with Gasteiger partial charge in [-0.1, -0.05) is 0 Å². The minimum Gasteiger partial charge on any atom is -0.480 e. The van der Waals surface area contributed by atoms with Gasteiger partial charge in [0.25, 0.3) is 5.91 Å². The van der Waals surface area contributed by atoms with Crippen LogP contribution in [0.1, 0.15) is 33.4 Å². The van der Waals surface area contributed by atoms with Gasteiger partial charge in [0.2, 0.25) is 0 Å². The number of carboxylic acids is 1. The molecule has 0 aliphatic heterocycles. The molecule has 1 unspecified atom stereocenters. The summed E-state index contributed by atoms with van der Waals surface area (Å²) in [7, 11) is 0. The second-order valence-electron chi connectivity index (χ2n) is 3.94. The number of alkyl halides is 3. The molecule has 9 heteroatoms. The molecule has 0 saturated carbocycles. The highest BCUT2D eigenvalue weighted by Crippen LogP contribution is 2.22. The molecule has 1 rings (SSSR count). The third-order valence-corrected chi connectivity index (χ3v) is 3.20. The van der Waals surface area contributed by atoms with Crippen molar-refractivity contribution in [2.24, 2.45) is 0 Å². The second kappa shape index (κ2) is 6.04.